The van der Waals surface area contributed by atoms with Crippen LogP contribution in [0.5, 0.6) is 11.5 Å². The second-order valence-corrected chi connectivity index (χ2v) is 6.49. The van der Waals surface area contributed by atoms with Crippen molar-refractivity contribution < 1.29 is 9.47 Å². The number of aliphatic imine (C=N–C) groups is 1. The predicted octanol–water partition coefficient (Wildman–Crippen LogP) is 3.59. The van der Waals surface area contributed by atoms with Crippen molar-refractivity contribution in [3.8, 4) is 11.5 Å². The summed E-state index contributed by atoms with van der Waals surface area (Å²) in [4.78, 5) is 4.31. The molecule has 2 N–H and O–H groups in total. The zero-order chi connectivity index (χ0) is 18.2. The lowest BCUT2D eigenvalue weighted by Gasteiger charge is -2.21. The van der Waals surface area contributed by atoms with Crippen LogP contribution in [0.1, 0.15) is 18.4 Å². The van der Waals surface area contributed by atoms with E-state index in [9.17, 15) is 0 Å². The number of hydrogen-bond donors (Lipinski definition) is 2. The third-order valence-electron chi connectivity index (χ3n) is 4.76. The molecule has 3 rings (SSSR count). The summed E-state index contributed by atoms with van der Waals surface area (Å²) in [5.74, 6) is 2.64. The van der Waals surface area contributed by atoms with E-state index in [-0.39, 0.29) is 29.4 Å². The van der Waals surface area contributed by atoms with E-state index in [1.165, 1.54) is 5.56 Å². The highest BCUT2D eigenvalue weighted by Crippen LogP contribution is 2.50. The summed E-state index contributed by atoms with van der Waals surface area (Å²) >= 11 is 0. The SMILES string of the molecule is CN=C(NCCOc1ccccc1)NCC1(c2ccccc2OC)CC1.I. The van der Waals surface area contributed by atoms with Gasteiger partial charge in [-0.3, -0.25) is 4.99 Å². The molecule has 0 aromatic heterocycles. The summed E-state index contributed by atoms with van der Waals surface area (Å²) in [5.41, 5.74) is 1.42. The molecule has 0 amide bonds. The quantitative estimate of drug-likeness (QED) is 0.262. The largest absolute Gasteiger partial charge is 0.496 e. The van der Waals surface area contributed by atoms with Crippen LogP contribution in [0.15, 0.2) is 59.6 Å². The first-order valence-electron chi connectivity index (χ1n) is 9.03. The first-order chi connectivity index (χ1) is 12.8. The fourth-order valence-corrected chi connectivity index (χ4v) is 3.10. The average molecular weight is 481 g/mol. The summed E-state index contributed by atoms with van der Waals surface area (Å²) in [6.45, 7) is 2.12. The van der Waals surface area contributed by atoms with Crippen molar-refractivity contribution in [2.45, 2.75) is 18.3 Å². The number of nitrogens with zero attached hydrogens (tertiary/aromatic N) is 1. The van der Waals surface area contributed by atoms with Crippen molar-refractivity contribution in [1.29, 1.82) is 0 Å². The Hall–Kier alpha value is -1.96. The molecular formula is C21H28IN3O2. The lowest BCUT2D eigenvalue weighted by molar-refractivity contribution is 0.322. The van der Waals surface area contributed by atoms with Gasteiger partial charge in [0, 0.05) is 24.6 Å². The van der Waals surface area contributed by atoms with E-state index in [0.29, 0.717) is 13.2 Å². The number of nitrogens with one attached hydrogen (secondary N) is 2. The Morgan fingerprint density at radius 3 is 2.41 bits per heavy atom. The molecule has 0 bridgehead atoms. The maximum atomic E-state index is 5.70. The number of hydrogen-bond acceptors (Lipinski definition) is 3. The molecule has 1 fully saturated rings. The monoisotopic (exact) mass is 481 g/mol. The zero-order valence-electron chi connectivity index (χ0n) is 15.9. The highest BCUT2D eigenvalue weighted by Gasteiger charge is 2.46. The van der Waals surface area contributed by atoms with Gasteiger partial charge in [-0.25, -0.2) is 0 Å². The second kappa shape index (κ2) is 10.4. The summed E-state index contributed by atoms with van der Waals surface area (Å²) in [5, 5.41) is 6.75. The molecular weight excluding hydrogens is 453 g/mol. The molecule has 1 aliphatic rings. The molecule has 0 spiro atoms. The Bertz CT molecular complexity index is 733. The lowest BCUT2D eigenvalue weighted by Crippen LogP contribution is -2.42. The Morgan fingerprint density at radius 1 is 1.04 bits per heavy atom. The molecule has 146 valence electrons. The van der Waals surface area contributed by atoms with Crippen LogP contribution in [-0.4, -0.2) is 39.8 Å². The number of halogens is 1. The van der Waals surface area contributed by atoms with E-state index in [2.05, 4.69) is 27.8 Å². The topological polar surface area (TPSA) is 54.9 Å². The van der Waals surface area contributed by atoms with Crippen LogP contribution >= 0.6 is 24.0 Å². The van der Waals surface area contributed by atoms with E-state index in [1.807, 2.05) is 42.5 Å². The van der Waals surface area contributed by atoms with E-state index >= 15 is 0 Å². The molecule has 0 saturated heterocycles. The molecule has 0 radical (unpaired) electrons. The Kier molecular flexibility index (Phi) is 8.22. The third kappa shape index (κ3) is 5.76. The van der Waals surface area contributed by atoms with Crippen molar-refractivity contribution in [3.05, 3.63) is 60.2 Å². The van der Waals surface area contributed by atoms with Gasteiger partial charge in [0.15, 0.2) is 5.96 Å². The molecule has 6 heteroatoms. The molecule has 0 unspecified atom stereocenters. The smallest absolute Gasteiger partial charge is 0.191 e. The van der Waals surface area contributed by atoms with E-state index in [1.54, 1.807) is 14.2 Å². The number of para-hydroxylation sites is 2. The number of benzene rings is 2. The molecule has 0 heterocycles. The highest BCUT2D eigenvalue weighted by molar-refractivity contribution is 14.0. The Balaban J connectivity index is 0.00000261. The van der Waals surface area contributed by atoms with Crippen LogP contribution in [0.2, 0.25) is 0 Å². The second-order valence-electron chi connectivity index (χ2n) is 6.49. The van der Waals surface area contributed by atoms with Gasteiger partial charge < -0.3 is 20.1 Å². The van der Waals surface area contributed by atoms with E-state index < -0.39 is 0 Å². The average Bonchev–Trinajstić information content (AvgIpc) is 3.49. The van der Waals surface area contributed by atoms with Crippen LogP contribution < -0.4 is 20.1 Å². The molecule has 2 aromatic rings. The van der Waals surface area contributed by atoms with Gasteiger partial charge in [-0.1, -0.05) is 36.4 Å². The summed E-state index contributed by atoms with van der Waals surface area (Å²) in [6, 6.07) is 18.1. The summed E-state index contributed by atoms with van der Waals surface area (Å²) in [7, 11) is 3.52. The van der Waals surface area contributed by atoms with Crippen molar-refractivity contribution in [2.24, 2.45) is 4.99 Å². The minimum absolute atomic E-state index is 0. The van der Waals surface area contributed by atoms with Crippen LogP contribution in [0.3, 0.4) is 0 Å². The van der Waals surface area contributed by atoms with E-state index in [0.717, 1.165) is 36.8 Å². The fourth-order valence-electron chi connectivity index (χ4n) is 3.10. The van der Waals surface area contributed by atoms with Crippen LogP contribution in [-0.2, 0) is 5.41 Å². The van der Waals surface area contributed by atoms with Gasteiger partial charge in [-0.2, -0.15) is 0 Å². The number of methoxy groups -OCH3 is 1. The van der Waals surface area contributed by atoms with Gasteiger partial charge in [-0.15, -0.1) is 24.0 Å². The highest BCUT2D eigenvalue weighted by atomic mass is 127. The van der Waals surface area contributed by atoms with Gasteiger partial charge in [0.2, 0.25) is 0 Å². The molecule has 1 aliphatic carbocycles. The molecule has 0 atom stereocenters. The molecule has 2 aromatic carbocycles. The van der Waals surface area contributed by atoms with Crippen LogP contribution in [0.25, 0.3) is 0 Å². The van der Waals surface area contributed by atoms with Crippen molar-refractivity contribution in [3.63, 3.8) is 0 Å². The van der Waals surface area contributed by atoms with E-state index in [4.69, 9.17) is 9.47 Å². The van der Waals surface area contributed by atoms with Gasteiger partial charge in [-0.05, 0) is 31.0 Å². The first-order valence-corrected chi connectivity index (χ1v) is 9.03. The van der Waals surface area contributed by atoms with Crippen molar-refractivity contribution in [1.82, 2.24) is 10.6 Å². The number of ether oxygens (including phenoxy) is 2. The maximum Gasteiger partial charge on any atom is 0.191 e. The normalized spacial score (nSPS) is 14.7. The lowest BCUT2D eigenvalue weighted by atomic mass is 9.95. The van der Waals surface area contributed by atoms with Crippen molar-refractivity contribution in [2.75, 3.05) is 33.9 Å². The number of guanidine groups is 1. The molecule has 5 nitrogen and oxygen atoms in total. The maximum absolute atomic E-state index is 5.70. The van der Waals surface area contributed by atoms with Crippen LogP contribution in [0, 0.1) is 0 Å². The Labute approximate surface area is 178 Å². The zero-order valence-corrected chi connectivity index (χ0v) is 18.2. The van der Waals surface area contributed by atoms with Gasteiger partial charge in [0.25, 0.3) is 0 Å². The fraction of sp³-hybridized carbons (Fsp3) is 0.381. The predicted molar refractivity (Wildman–Crippen MR) is 121 cm³/mol. The van der Waals surface area contributed by atoms with Gasteiger partial charge in [0.1, 0.15) is 18.1 Å². The summed E-state index contributed by atoms with van der Waals surface area (Å²) in [6.07, 6.45) is 2.32. The number of rotatable bonds is 8. The molecule has 27 heavy (non-hydrogen) atoms. The Morgan fingerprint density at radius 2 is 1.74 bits per heavy atom. The van der Waals surface area contributed by atoms with Gasteiger partial charge >= 0.3 is 0 Å². The molecule has 1 saturated carbocycles. The van der Waals surface area contributed by atoms with Gasteiger partial charge in [0.05, 0.1) is 13.7 Å². The molecule has 0 aliphatic heterocycles. The van der Waals surface area contributed by atoms with Crippen molar-refractivity contribution >= 4 is 29.9 Å². The summed E-state index contributed by atoms with van der Waals surface area (Å²) < 4.78 is 11.2. The minimum Gasteiger partial charge on any atom is -0.496 e. The van der Waals surface area contributed by atoms with Crippen LogP contribution in [0.4, 0.5) is 0 Å². The standard InChI is InChI=1S/C21H27N3O2.HI/c1-22-20(23-14-15-26-17-8-4-3-5-9-17)24-16-21(12-13-21)18-10-6-7-11-19(18)25-2;/h3-11H,12-16H2,1-2H3,(H2,22,23,24);1H. The minimum atomic E-state index is 0. The third-order valence-corrected chi connectivity index (χ3v) is 4.76. The first kappa shape index (κ1) is 21.3.